The van der Waals surface area contributed by atoms with E-state index in [9.17, 15) is 0 Å². The van der Waals surface area contributed by atoms with E-state index in [0.29, 0.717) is 6.04 Å². The van der Waals surface area contributed by atoms with Crippen molar-refractivity contribution in [2.24, 2.45) is 0 Å². The summed E-state index contributed by atoms with van der Waals surface area (Å²) in [7, 11) is 0. The van der Waals surface area contributed by atoms with Crippen molar-refractivity contribution < 1.29 is 0 Å². The molecule has 1 aliphatic carbocycles. The second-order valence-corrected chi connectivity index (χ2v) is 4.14. The van der Waals surface area contributed by atoms with E-state index in [1.165, 1.54) is 38.5 Å². The van der Waals surface area contributed by atoms with Gasteiger partial charge in [-0.2, -0.15) is 0 Å². The van der Waals surface area contributed by atoms with Crippen molar-refractivity contribution in [1.82, 2.24) is 10.6 Å². The summed E-state index contributed by atoms with van der Waals surface area (Å²) in [5.41, 5.74) is 0. The van der Waals surface area contributed by atoms with E-state index in [2.05, 4.69) is 17.6 Å². The molecule has 0 unspecified atom stereocenters. The van der Waals surface area contributed by atoms with E-state index >= 15 is 0 Å². The maximum absolute atomic E-state index is 5.13. The summed E-state index contributed by atoms with van der Waals surface area (Å²) in [5.74, 6) is 0. The second kappa shape index (κ2) is 6.19. The lowest BCUT2D eigenvalue weighted by Gasteiger charge is -2.08. The predicted octanol–water partition coefficient (Wildman–Crippen LogP) is 2.19. The zero-order valence-electron chi connectivity index (χ0n) is 8.44. The Kier molecular flexibility index (Phi) is 5.13. The molecular weight excluding hydrogens is 180 g/mol. The third-order valence-electron chi connectivity index (χ3n) is 2.23. The Hall–Kier alpha value is -0.310. The molecule has 76 valence electrons. The fourth-order valence-electron chi connectivity index (χ4n) is 1.22. The van der Waals surface area contributed by atoms with E-state index < -0.39 is 0 Å². The standard InChI is InChI=1S/C10H20N2S/c1-2-3-4-5-8-11-10(13)12-9-6-7-9/h9H,2-8H2,1H3,(H2,11,12,13). The highest BCUT2D eigenvalue weighted by Gasteiger charge is 2.21. The molecule has 1 saturated carbocycles. The van der Waals surface area contributed by atoms with Crippen LogP contribution in [0.15, 0.2) is 0 Å². The lowest BCUT2D eigenvalue weighted by molar-refractivity contribution is 0.650. The first-order valence-electron chi connectivity index (χ1n) is 5.37. The van der Waals surface area contributed by atoms with E-state index in [4.69, 9.17) is 12.2 Å². The molecule has 0 heterocycles. The SMILES string of the molecule is CCCCCCNC(=S)NC1CC1. The molecule has 1 fully saturated rings. The van der Waals surface area contributed by atoms with Crippen LogP contribution in [-0.4, -0.2) is 17.7 Å². The Morgan fingerprint density at radius 3 is 2.69 bits per heavy atom. The van der Waals surface area contributed by atoms with E-state index in [-0.39, 0.29) is 0 Å². The van der Waals surface area contributed by atoms with Crippen molar-refractivity contribution in [3.8, 4) is 0 Å². The molecule has 3 heteroatoms. The highest BCUT2D eigenvalue weighted by molar-refractivity contribution is 7.80. The first kappa shape index (κ1) is 10.8. The van der Waals surface area contributed by atoms with Gasteiger partial charge in [-0.25, -0.2) is 0 Å². The molecule has 0 saturated heterocycles. The number of rotatable bonds is 6. The maximum Gasteiger partial charge on any atom is 0.166 e. The zero-order chi connectivity index (χ0) is 9.52. The number of hydrogen-bond acceptors (Lipinski definition) is 1. The van der Waals surface area contributed by atoms with E-state index in [1.54, 1.807) is 0 Å². The Labute approximate surface area is 86.5 Å². The molecule has 0 atom stereocenters. The van der Waals surface area contributed by atoms with Gasteiger partial charge in [0.15, 0.2) is 5.11 Å². The second-order valence-electron chi connectivity index (χ2n) is 3.74. The fraction of sp³-hybridized carbons (Fsp3) is 0.900. The monoisotopic (exact) mass is 200 g/mol. The Morgan fingerprint density at radius 1 is 1.31 bits per heavy atom. The molecule has 0 bridgehead atoms. The molecule has 13 heavy (non-hydrogen) atoms. The van der Waals surface area contributed by atoms with Crippen molar-refractivity contribution >= 4 is 17.3 Å². The molecule has 0 amide bonds. The van der Waals surface area contributed by atoms with Crippen LogP contribution in [0.2, 0.25) is 0 Å². The van der Waals surface area contributed by atoms with Gasteiger partial charge in [0.25, 0.3) is 0 Å². The summed E-state index contributed by atoms with van der Waals surface area (Å²) < 4.78 is 0. The minimum atomic E-state index is 0.677. The van der Waals surface area contributed by atoms with Gasteiger partial charge in [-0.3, -0.25) is 0 Å². The quantitative estimate of drug-likeness (QED) is 0.508. The average molecular weight is 200 g/mol. The molecule has 0 aliphatic heterocycles. The first-order chi connectivity index (χ1) is 6.33. The van der Waals surface area contributed by atoms with Crippen molar-refractivity contribution in [2.75, 3.05) is 6.54 Å². The molecule has 0 aromatic carbocycles. The smallest absolute Gasteiger partial charge is 0.166 e. The number of nitrogens with one attached hydrogen (secondary N) is 2. The van der Waals surface area contributed by atoms with Crippen LogP contribution in [-0.2, 0) is 0 Å². The Morgan fingerprint density at radius 2 is 2.08 bits per heavy atom. The summed E-state index contributed by atoms with van der Waals surface area (Å²) in [4.78, 5) is 0. The highest BCUT2D eigenvalue weighted by atomic mass is 32.1. The normalized spacial score (nSPS) is 15.5. The van der Waals surface area contributed by atoms with Crippen LogP contribution in [0.25, 0.3) is 0 Å². The van der Waals surface area contributed by atoms with Crippen LogP contribution < -0.4 is 10.6 Å². The Balaban J connectivity index is 1.83. The molecule has 1 aliphatic rings. The van der Waals surface area contributed by atoms with Gasteiger partial charge >= 0.3 is 0 Å². The minimum absolute atomic E-state index is 0.677. The van der Waals surface area contributed by atoms with Crippen LogP contribution in [0.1, 0.15) is 45.4 Å². The van der Waals surface area contributed by atoms with Crippen LogP contribution in [0, 0.1) is 0 Å². The van der Waals surface area contributed by atoms with Gasteiger partial charge in [-0.15, -0.1) is 0 Å². The van der Waals surface area contributed by atoms with E-state index in [1.807, 2.05) is 0 Å². The summed E-state index contributed by atoms with van der Waals surface area (Å²) >= 11 is 5.13. The predicted molar refractivity (Wildman–Crippen MR) is 60.9 cm³/mol. The lowest BCUT2D eigenvalue weighted by atomic mass is 10.2. The summed E-state index contributed by atoms with van der Waals surface area (Å²) in [6.07, 6.45) is 7.76. The van der Waals surface area contributed by atoms with Crippen LogP contribution in [0.3, 0.4) is 0 Å². The lowest BCUT2D eigenvalue weighted by Crippen LogP contribution is -2.36. The Bertz CT molecular complexity index is 155. The number of thiocarbonyl (C=S) groups is 1. The average Bonchev–Trinajstić information content (AvgIpc) is 2.88. The summed E-state index contributed by atoms with van der Waals surface area (Å²) in [5, 5.41) is 7.34. The molecule has 0 aromatic rings. The molecule has 0 aromatic heterocycles. The molecular formula is C10H20N2S. The van der Waals surface area contributed by atoms with E-state index in [0.717, 1.165) is 11.7 Å². The topological polar surface area (TPSA) is 24.1 Å². The molecule has 2 N–H and O–H groups in total. The third kappa shape index (κ3) is 5.86. The van der Waals surface area contributed by atoms with Crippen molar-refractivity contribution in [3.63, 3.8) is 0 Å². The zero-order valence-corrected chi connectivity index (χ0v) is 9.25. The van der Waals surface area contributed by atoms with Gasteiger partial charge in [0.05, 0.1) is 0 Å². The van der Waals surface area contributed by atoms with Crippen molar-refractivity contribution in [2.45, 2.75) is 51.5 Å². The van der Waals surface area contributed by atoms with Crippen LogP contribution in [0.5, 0.6) is 0 Å². The van der Waals surface area contributed by atoms with Gasteiger partial charge in [0.2, 0.25) is 0 Å². The minimum Gasteiger partial charge on any atom is -0.363 e. The maximum atomic E-state index is 5.13. The molecule has 2 nitrogen and oxygen atoms in total. The first-order valence-corrected chi connectivity index (χ1v) is 5.78. The van der Waals surface area contributed by atoms with Crippen molar-refractivity contribution in [3.05, 3.63) is 0 Å². The molecule has 1 rings (SSSR count). The van der Waals surface area contributed by atoms with Gasteiger partial charge in [-0.1, -0.05) is 26.2 Å². The molecule has 0 spiro atoms. The highest BCUT2D eigenvalue weighted by Crippen LogP contribution is 2.18. The van der Waals surface area contributed by atoms with Crippen molar-refractivity contribution in [1.29, 1.82) is 0 Å². The summed E-state index contributed by atoms with van der Waals surface area (Å²) in [6.45, 7) is 3.26. The molecule has 0 radical (unpaired) electrons. The van der Waals surface area contributed by atoms with Crippen LogP contribution >= 0.6 is 12.2 Å². The number of unbranched alkanes of at least 4 members (excludes halogenated alkanes) is 3. The van der Waals surface area contributed by atoms with Gasteiger partial charge in [0.1, 0.15) is 0 Å². The van der Waals surface area contributed by atoms with Crippen LogP contribution in [0.4, 0.5) is 0 Å². The third-order valence-corrected chi connectivity index (χ3v) is 2.49. The largest absolute Gasteiger partial charge is 0.363 e. The number of hydrogen-bond donors (Lipinski definition) is 2. The van der Waals surface area contributed by atoms with Gasteiger partial charge in [-0.05, 0) is 31.5 Å². The van der Waals surface area contributed by atoms with Gasteiger partial charge < -0.3 is 10.6 Å². The summed E-state index contributed by atoms with van der Waals surface area (Å²) in [6, 6.07) is 0.677. The van der Waals surface area contributed by atoms with Gasteiger partial charge in [0, 0.05) is 12.6 Å². The fourth-order valence-corrected chi connectivity index (χ4v) is 1.49.